The second kappa shape index (κ2) is 6.23. The number of hydrogen-bond donors (Lipinski definition) is 0. The van der Waals surface area contributed by atoms with Crippen LogP contribution in [0.3, 0.4) is 0 Å². The van der Waals surface area contributed by atoms with Gasteiger partial charge < -0.3 is 14.4 Å². The summed E-state index contributed by atoms with van der Waals surface area (Å²) in [4.78, 5) is 14.1. The molecular formula is C19H24ClNO3. The smallest absolute Gasteiger partial charge is 0.418 e. The van der Waals surface area contributed by atoms with Gasteiger partial charge in [-0.05, 0) is 68.5 Å². The highest BCUT2D eigenvalue weighted by Gasteiger charge is 2.53. The maximum absolute atomic E-state index is 11.6. The van der Waals surface area contributed by atoms with E-state index in [1.807, 2.05) is 6.07 Å². The van der Waals surface area contributed by atoms with E-state index in [1.54, 1.807) is 0 Å². The molecule has 3 atom stereocenters. The summed E-state index contributed by atoms with van der Waals surface area (Å²) in [6.45, 7) is 1.15. The zero-order chi connectivity index (χ0) is 16.7. The van der Waals surface area contributed by atoms with Crippen LogP contribution >= 0.6 is 11.6 Å². The van der Waals surface area contributed by atoms with Crippen molar-refractivity contribution in [2.45, 2.75) is 50.0 Å². The minimum absolute atomic E-state index is 0.191. The van der Waals surface area contributed by atoms with E-state index in [0.717, 1.165) is 18.9 Å². The number of ether oxygens (including phenoxy) is 2. The van der Waals surface area contributed by atoms with Gasteiger partial charge >= 0.3 is 6.16 Å². The van der Waals surface area contributed by atoms with E-state index >= 15 is 0 Å². The first-order chi connectivity index (χ1) is 11.6. The Morgan fingerprint density at radius 1 is 1.38 bits per heavy atom. The molecule has 1 saturated carbocycles. The van der Waals surface area contributed by atoms with Crippen molar-refractivity contribution >= 4 is 17.8 Å². The number of hydrogen-bond acceptors (Lipinski definition) is 4. The van der Waals surface area contributed by atoms with Crippen molar-refractivity contribution < 1.29 is 14.3 Å². The van der Waals surface area contributed by atoms with Crippen molar-refractivity contribution in [1.29, 1.82) is 0 Å². The molecule has 1 saturated heterocycles. The van der Waals surface area contributed by atoms with Gasteiger partial charge in [-0.3, -0.25) is 0 Å². The number of halogens is 1. The summed E-state index contributed by atoms with van der Waals surface area (Å²) in [6, 6.07) is 6.56. The molecule has 0 amide bonds. The van der Waals surface area contributed by atoms with Crippen LogP contribution in [0.5, 0.6) is 5.75 Å². The van der Waals surface area contributed by atoms with Gasteiger partial charge in [0.15, 0.2) is 6.07 Å². The molecule has 1 aromatic rings. The van der Waals surface area contributed by atoms with E-state index in [0.29, 0.717) is 11.8 Å². The normalized spacial score (nSPS) is 31.8. The van der Waals surface area contributed by atoms with Crippen LogP contribution in [0.2, 0.25) is 0 Å². The van der Waals surface area contributed by atoms with E-state index in [-0.39, 0.29) is 11.5 Å². The topological polar surface area (TPSA) is 38.8 Å². The number of piperidine rings is 1. The number of rotatable bonds is 2. The molecular weight excluding hydrogens is 326 g/mol. The number of carbonyl (C=O) groups is 1. The maximum Gasteiger partial charge on any atom is 0.515 e. The summed E-state index contributed by atoms with van der Waals surface area (Å²) >= 11 is 5.42. The summed E-state index contributed by atoms with van der Waals surface area (Å²) in [6.07, 6.45) is 6.77. The molecule has 0 radical (unpaired) electrons. The maximum atomic E-state index is 11.6. The van der Waals surface area contributed by atoms with Gasteiger partial charge in [0.1, 0.15) is 5.75 Å². The van der Waals surface area contributed by atoms with Gasteiger partial charge in [0.05, 0.1) is 0 Å². The van der Waals surface area contributed by atoms with Crippen molar-refractivity contribution in [3.63, 3.8) is 0 Å². The third-order valence-corrected chi connectivity index (χ3v) is 6.57. The SMILES string of the molecule is CN1CC[C@@]23CCCC[C@@H]2[C@@H]1Cc1ccc(OC(=O)OCCl)cc13. The molecule has 0 spiro atoms. The first kappa shape index (κ1) is 16.2. The Hall–Kier alpha value is -1.26. The van der Waals surface area contributed by atoms with Crippen LogP contribution in [0.15, 0.2) is 18.2 Å². The van der Waals surface area contributed by atoms with Crippen LogP contribution in [0.25, 0.3) is 0 Å². The highest BCUT2D eigenvalue weighted by Crippen LogP contribution is 2.55. The Labute approximate surface area is 148 Å². The fraction of sp³-hybridized carbons (Fsp3) is 0.632. The fourth-order valence-electron chi connectivity index (χ4n) is 5.41. The molecule has 0 aromatic heterocycles. The third kappa shape index (κ3) is 2.51. The molecule has 0 unspecified atom stereocenters. The standard InChI is InChI=1S/C19H24ClNO3/c1-21-9-8-19-7-3-2-4-15(19)17(21)10-13-5-6-14(11-16(13)19)24-18(22)23-12-20/h5-6,11,15,17H,2-4,7-10,12H2,1H3/t15-,17+,19+/m1/s1. The molecule has 3 aliphatic rings. The molecule has 24 heavy (non-hydrogen) atoms. The molecule has 0 N–H and O–H groups in total. The predicted molar refractivity (Wildman–Crippen MR) is 92.6 cm³/mol. The summed E-state index contributed by atoms with van der Waals surface area (Å²) in [5, 5.41) is 0. The van der Waals surface area contributed by atoms with E-state index in [4.69, 9.17) is 16.3 Å². The van der Waals surface area contributed by atoms with E-state index in [2.05, 4.69) is 28.8 Å². The van der Waals surface area contributed by atoms with Gasteiger partial charge in [0.2, 0.25) is 0 Å². The van der Waals surface area contributed by atoms with Crippen LogP contribution in [0.1, 0.15) is 43.2 Å². The van der Waals surface area contributed by atoms with Gasteiger partial charge in [0.25, 0.3) is 0 Å². The molecule has 2 fully saturated rings. The minimum Gasteiger partial charge on any atom is -0.418 e. The summed E-state index contributed by atoms with van der Waals surface area (Å²) in [5.74, 6) is 1.29. The quantitative estimate of drug-likeness (QED) is 0.458. The average Bonchev–Trinajstić information content (AvgIpc) is 2.59. The molecule has 1 aromatic carbocycles. The Bertz CT molecular complexity index is 649. The lowest BCUT2D eigenvalue weighted by molar-refractivity contribution is 0.00270. The van der Waals surface area contributed by atoms with Crippen molar-refractivity contribution in [2.24, 2.45) is 5.92 Å². The van der Waals surface area contributed by atoms with Crippen LogP contribution in [-0.2, 0) is 16.6 Å². The second-order valence-electron chi connectivity index (χ2n) is 7.43. The number of likely N-dealkylation sites (tertiary alicyclic amines) is 1. The van der Waals surface area contributed by atoms with E-state index in [1.165, 1.54) is 43.2 Å². The number of carbonyl (C=O) groups excluding carboxylic acids is 1. The van der Waals surface area contributed by atoms with E-state index < -0.39 is 6.16 Å². The fourth-order valence-corrected chi connectivity index (χ4v) is 5.50. The van der Waals surface area contributed by atoms with Crippen LogP contribution < -0.4 is 4.74 Å². The Kier molecular flexibility index (Phi) is 4.21. The number of benzene rings is 1. The third-order valence-electron chi connectivity index (χ3n) is 6.46. The van der Waals surface area contributed by atoms with Crippen molar-refractivity contribution in [3.8, 4) is 5.75 Å². The van der Waals surface area contributed by atoms with Gasteiger partial charge in [0, 0.05) is 11.5 Å². The molecule has 4 rings (SSSR count). The highest BCUT2D eigenvalue weighted by molar-refractivity contribution is 6.17. The first-order valence-electron chi connectivity index (χ1n) is 8.88. The summed E-state index contributed by atoms with van der Waals surface area (Å²) in [7, 11) is 2.27. The molecule has 2 aliphatic carbocycles. The Morgan fingerprint density at radius 2 is 2.25 bits per heavy atom. The zero-order valence-electron chi connectivity index (χ0n) is 14.1. The van der Waals surface area contributed by atoms with E-state index in [9.17, 15) is 4.79 Å². The second-order valence-corrected chi connectivity index (χ2v) is 7.65. The van der Waals surface area contributed by atoms with Gasteiger partial charge in [-0.1, -0.05) is 30.5 Å². The minimum atomic E-state index is -0.736. The lowest BCUT2D eigenvalue weighted by Crippen LogP contribution is -2.59. The number of nitrogens with zero attached hydrogens (tertiary/aromatic N) is 1. The molecule has 1 heterocycles. The molecule has 130 valence electrons. The predicted octanol–water partition coefficient (Wildman–Crippen LogP) is 4.09. The Balaban J connectivity index is 1.72. The van der Waals surface area contributed by atoms with Crippen LogP contribution in [0.4, 0.5) is 4.79 Å². The van der Waals surface area contributed by atoms with Crippen molar-refractivity contribution in [3.05, 3.63) is 29.3 Å². The summed E-state index contributed by atoms with van der Waals surface area (Å²) < 4.78 is 9.99. The summed E-state index contributed by atoms with van der Waals surface area (Å²) in [5.41, 5.74) is 3.09. The largest absolute Gasteiger partial charge is 0.515 e. The number of fused-ring (bicyclic) bond motifs is 1. The van der Waals surface area contributed by atoms with Gasteiger partial charge in [-0.25, -0.2) is 4.79 Å². The lowest BCUT2D eigenvalue weighted by atomic mass is 9.52. The molecule has 2 bridgehead atoms. The Morgan fingerprint density at radius 3 is 3.08 bits per heavy atom. The van der Waals surface area contributed by atoms with Crippen LogP contribution in [-0.4, -0.2) is 36.8 Å². The van der Waals surface area contributed by atoms with Crippen molar-refractivity contribution in [2.75, 3.05) is 19.7 Å². The first-order valence-corrected chi connectivity index (χ1v) is 9.42. The average molecular weight is 350 g/mol. The number of likely N-dealkylation sites (N-methyl/N-ethyl adjacent to an activating group) is 1. The monoisotopic (exact) mass is 349 g/mol. The van der Waals surface area contributed by atoms with Crippen LogP contribution in [0, 0.1) is 5.92 Å². The lowest BCUT2D eigenvalue weighted by Gasteiger charge is -2.58. The van der Waals surface area contributed by atoms with Gasteiger partial charge in [-0.15, -0.1) is 0 Å². The molecule has 5 heteroatoms. The van der Waals surface area contributed by atoms with Gasteiger partial charge in [-0.2, -0.15) is 0 Å². The molecule has 1 aliphatic heterocycles. The van der Waals surface area contributed by atoms with Crippen molar-refractivity contribution in [1.82, 2.24) is 4.90 Å². The highest BCUT2D eigenvalue weighted by atomic mass is 35.5. The molecule has 4 nitrogen and oxygen atoms in total. The number of alkyl halides is 1. The zero-order valence-corrected chi connectivity index (χ0v) is 14.8.